The van der Waals surface area contributed by atoms with Gasteiger partial charge in [0.25, 0.3) is 0 Å². The van der Waals surface area contributed by atoms with E-state index in [1.165, 1.54) is 12.1 Å². The predicted molar refractivity (Wildman–Crippen MR) is 120 cm³/mol. The summed E-state index contributed by atoms with van der Waals surface area (Å²) in [5.41, 5.74) is -1.26. The van der Waals surface area contributed by atoms with Crippen molar-refractivity contribution in [3.05, 3.63) is 29.8 Å². The zero-order valence-corrected chi connectivity index (χ0v) is 18.9. The molecule has 5 aliphatic rings. The predicted octanol–water partition coefficient (Wildman–Crippen LogP) is 3.61. The summed E-state index contributed by atoms with van der Waals surface area (Å²) in [6.45, 7) is 4.12. The number of aromatic hydroxyl groups is 2. The van der Waals surface area contributed by atoms with E-state index >= 15 is 0 Å². The summed E-state index contributed by atoms with van der Waals surface area (Å²) in [6, 6.07) is 2.44. The summed E-state index contributed by atoms with van der Waals surface area (Å²) in [7, 11) is 0. The van der Waals surface area contributed by atoms with Crippen molar-refractivity contribution in [3.63, 3.8) is 0 Å². The second kappa shape index (κ2) is 6.84. The Morgan fingerprint density at radius 1 is 1.28 bits per heavy atom. The molecule has 2 saturated heterocycles. The van der Waals surface area contributed by atoms with Gasteiger partial charge in [-0.2, -0.15) is 0 Å². The quantitative estimate of drug-likeness (QED) is 0.397. The van der Waals surface area contributed by atoms with Gasteiger partial charge in [-0.1, -0.05) is 13.0 Å². The third kappa shape index (κ3) is 2.88. The number of rotatable bonds is 5. The Labute approximate surface area is 191 Å². The van der Waals surface area contributed by atoms with Crippen LogP contribution in [0.4, 0.5) is 5.69 Å². The Morgan fingerprint density at radius 2 is 2.03 bits per heavy atom. The number of anilines is 1. The molecule has 3 N–H and O–H groups in total. The molecule has 1 spiro atoms. The van der Waals surface area contributed by atoms with Crippen LogP contribution >= 0.6 is 12.6 Å². The summed E-state index contributed by atoms with van der Waals surface area (Å²) in [4.78, 5) is 37.4. The second-order valence-corrected chi connectivity index (χ2v) is 10.7. The maximum atomic E-state index is 13.1. The molecule has 0 aromatic heterocycles. The van der Waals surface area contributed by atoms with Gasteiger partial charge in [0.2, 0.25) is 11.0 Å². The number of nitrogens with one attached hydrogen (secondary N) is 1. The van der Waals surface area contributed by atoms with Gasteiger partial charge in [-0.15, -0.1) is 12.6 Å². The SMILES string of the molecule is CC12CC34C=CC(=O)C(C)(CCC(=O)Nc5c(O)ccc(C(=O)S)c5O)C3C(CC1C4)O2. The summed E-state index contributed by atoms with van der Waals surface area (Å²) < 4.78 is 6.42. The van der Waals surface area contributed by atoms with Crippen LogP contribution in [0, 0.1) is 22.7 Å². The lowest BCUT2D eigenvalue weighted by Crippen LogP contribution is -2.56. The van der Waals surface area contributed by atoms with Gasteiger partial charge in [0.05, 0.1) is 17.3 Å². The minimum Gasteiger partial charge on any atom is -0.506 e. The Bertz CT molecular complexity index is 1080. The van der Waals surface area contributed by atoms with Crippen LogP contribution in [0.5, 0.6) is 11.5 Å². The molecule has 4 bridgehead atoms. The van der Waals surface area contributed by atoms with Crippen molar-refractivity contribution < 1.29 is 29.3 Å². The van der Waals surface area contributed by atoms with Crippen molar-refractivity contribution in [2.45, 2.75) is 57.7 Å². The van der Waals surface area contributed by atoms with Gasteiger partial charge in [-0.25, -0.2) is 0 Å². The number of hydrogen-bond acceptors (Lipinski definition) is 6. The number of allylic oxidation sites excluding steroid dienone is 2. The fraction of sp³-hybridized carbons (Fsp3) is 0.542. The summed E-state index contributed by atoms with van der Waals surface area (Å²) in [5.74, 6) is -0.802. The monoisotopic (exact) mass is 457 g/mol. The van der Waals surface area contributed by atoms with E-state index in [4.69, 9.17) is 4.74 Å². The number of ether oxygens (including phenoxy) is 1. The van der Waals surface area contributed by atoms with E-state index in [0.717, 1.165) is 19.3 Å². The largest absolute Gasteiger partial charge is 0.506 e. The molecular formula is C24H27NO6S. The van der Waals surface area contributed by atoms with E-state index in [-0.39, 0.29) is 52.2 Å². The van der Waals surface area contributed by atoms with Crippen molar-refractivity contribution in [3.8, 4) is 11.5 Å². The molecule has 2 heterocycles. The summed E-state index contributed by atoms with van der Waals surface area (Å²) in [6.07, 6.45) is 7.04. The first kappa shape index (κ1) is 21.5. The lowest BCUT2D eigenvalue weighted by Gasteiger charge is -2.55. The van der Waals surface area contributed by atoms with Crippen LogP contribution in [-0.2, 0) is 14.3 Å². The fourth-order valence-corrected chi connectivity index (χ4v) is 7.27. The van der Waals surface area contributed by atoms with Crippen molar-refractivity contribution in [1.29, 1.82) is 0 Å². The number of ketones is 1. The molecule has 32 heavy (non-hydrogen) atoms. The van der Waals surface area contributed by atoms with Gasteiger partial charge in [0.1, 0.15) is 11.4 Å². The van der Waals surface area contributed by atoms with Gasteiger partial charge in [0.15, 0.2) is 11.5 Å². The number of benzene rings is 1. The zero-order chi connectivity index (χ0) is 23.1. The van der Waals surface area contributed by atoms with Crippen LogP contribution in [-0.4, -0.2) is 38.7 Å². The maximum Gasteiger partial charge on any atom is 0.224 e. The molecule has 6 unspecified atom stereocenters. The molecular weight excluding hydrogens is 430 g/mol. The standard InChI is InChI=1S/C24H27NO6S/c1-22(7-6-17(28)25-18-14(26)4-3-13(19(18)29)21(30)32)16(27)5-8-24-10-12-9-15(20(22)24)31-23(12,2)11-24/h3-5,8,12,15,20,26,29H,6-7,9-11H2,1-2H3,(H,25,28)(H,30,32). The Balaban J connectivity index is 1.36. The normalized spacial score (nSPS) is 38.7. The van der Waals surface area contributed by atoms with Gasteiger partial charge in [-0.3, -0.25) is 14.4 Å². The van der Waals surface area contributed by atoms with Crippen LogP contribution in [0.15, 0.2) is 24.3 Å². The molecule has 2 saturated carbocycles. The van der Waals surface area contributed by atoms with Crippen LogP contribution in [0.1, 0.15) is 56.3 Å². The topological polar surface area (TPSA) is 113 Å². The average Bonchev–Trinajstić information content (AvgIpc) is 3.08. The maximum absolute atomic E-state index is 13.1. The van der Waals surface area contributed by atoms with Crippen molar-refractivity contribution >= 4 is 35.1 Å². The Morgan fingerprint density at radius 3 is 2.72 bits per heavy atom. The summed E-state index contributed by atoms with van der Waals surface area (Å²) in [5, 5.41) is 22.1. The summed E-state index contributed by atoms with van der Waals surface area (Å²) >= 11 is 3.69. The highest BCUT2D eigenvalue weighted by Gasteiger charge is 2.71. The Kier molecular flexibility index (Phi) is 4.60. The van der Waals surface area contributed by atoms with E-state index in [9.17, 15) is 24.6 Å². The Hall–Kier alpha value is -2.32. The molecule has 2 aliphatic heterocycles. The van der Waals surface area contributed by atoms with Gasteiger partial charge in [-0.05, 0) is 62.1 Å². The number of phenols is 2. The number of carbonyl (C=O) groups is 3. The molecule has 7 nitrogen and oxygen atoms in total. The third-order valence-electron chi connectivity index (χ3n) is 8.44. The average molecular weight is 458 g/mol. The van der Waals surface area contributed by atoms with Crippen LogP contribution in [0.3, 0.4) is 0 Å². The van der Waals surface area contributed by atoms with Crippen LogP contribution in [0.25, 0.3) is 0 Å². The molecule has 6 atom stereocenters. The smallest absolute Gasteiger partial charge is 0.224 e. The van der Waals surface area contributed by atoms with Crippen LogP contribution in [0.2, 0.25) is 0 Å². The fourth-order valence-electron chi connectivity index (χ4n) is 7.09. The van der Waals surface area contributed by atoms with E-state index in [0.29, 0.717) is 12.3 Å². The molecule has 3 aliphatic carbocycles. The molecule has 170 valence electrons. The molecule has 1 aromatic rings. The number of hydrogen-bond donors (Lipinski definition) is 4. The minimum absolute atomic E-state index is 0.0110. The number of phenolic OH excluding ortho intramolecular Hbond substituents is 2. The van der Waals surface area contributed by atoms with Crippen molar-refractivity contribution in [2.24, 2.45) is 22.7 Å². The first-order valence-electron chi connectivity index (χ1n) is 11.0. The zero-order valence-electron chi connectivity index (χ0n) is 18.1. The van der Waals surface area contributed by atoms with Crippen molar-refractivity contribution in [1.82, 2.24) is 0 Å². The molecule has 8 heteroatoms. The second-order valence-electron chi connectivity index (χ2n) is 10.3. The van der Waals surface area contributed by atoms with E-state index in [1.807, 2.05) is 6.92 Å². The highest BCUT2D eigenvalue weighted by molar-refractivity contribution is 7.97. The highest BCUT2D eigenvalue weighted by atomic mass is 32.1. The number of carbonyl (C=O) groups excluding carboxylic acids is 3. The number of amides is 1. The molecule has 6 rings (SSSR count). The first-order chi connectivity index (χ1) is 15.0. The lowest BCUT2D eigenvalue weighted by atomic mass is 9.51. The number of thiol groups is 1. The molecule has 1 amide bonds. The molecule has 0 radical (unpaired) electrons. The molecule has 1 aromatic carbocycles. The molecule has 4 fully saturated rings. The van der Waals surface area contributed by atoms with Gasteiger partial charge < -0.3 is 20.3 Å². The van der Waals surface area contributed by atoms with Crippen LogP contribution < -0.4 is 5.32 Å². The first-order valence-corrected chi connectivity index (χ1v) is 11.4. The van der Waals surface area contributed by atoms with Crippen molar-refractivity contribution in [2.75, 3.05) is 5.32 Å². The van der Waals surface area contributed by atoms with E-state index in [2.05, 4.69) is 30.9 Å². The lowest BCUT2D eigenvalue weighted by molar-refractivity contribution is -0.169. The minimum atomic E-state index is -0.736. The van der Waals surface area contributed by atoms with Gasteiger partial charge >= 0.3 is 0 Å². The van der Waals surface area contributed by atoms with E-state index < -0.39 is 22.2 Å². The third-order valence-corrected chi connectivity index (χ3v) is 8.68. The van der Waals surface area contributed by atoms with E-state index in [1.54, 1.807) is 6.08 Å². The highest BCUT2D eigenvalue weighted by Crippen LogP contribution is 2.71. The van der Waals surface area contributed by atoms with Gasteiger partial charge in [0, 0.05) is 17.8 Å².